The maximum absolute atomic E-state index is 15.1. The van der Waals surface area contributed by atoms with Crippen LogP contribution in [0.1, 0.15) is 60.9 Å². The topological polar surface area (TPSA) is 155 Å². The number of fused-ring (bicyclic) bond motifs is 2. The van der Waals surface area contributed by atoms with Crippen LogP contribution in [0.15, 0.2) is 65.8 Å². The van der Waals surface area contributed by atoms with Crippen molar-refractivity contribution in [2.75, 3.05) is 51.4 Å². The number of pyridine rings is 1. The van der Waals surface area contributed by atoms with Gasteiger partial charge in [0, 0.05) is 85.0 Å². The van der Waals surface area contributed by atoms with Gasteiger partial charge < -0.3 is 35.8 Å². The van der Waals surface area contributed by atoms with E-state index in [1.165, 1.54) is 12.8 Å². The number of carbonyl (C=O) groups excluding carboxylic acids is 2. The van der Waals surface area contributed by atoms with E-state index < -0.39 is 84.7 Å². The Labute approximate surface area is 378 Å². The second kappa shape index (κ2) is 21.8. The molecule has 3 aliphatic heterocycles. The summed E-state index contributed by atoms with van der Waals surface area (Å²) in [7, 11) is 0.939. The number of Topliss-reactive ketones (excluding diaryl/α,β-unsaturated/α-hetero) is 1. The Kier molecular flexibility index (Phi) is 16.5. The fourth-order valence-corrected chi connectivity index (χ4v) is 8.48. The van der Waals surface area contributed by atoms with Crippen LogP contribution >= 0.6 is 0 Å². The normalized spacial score (nSPS) is 19.6. The first kappa shape index (κ1) is 49.9. The number of hydrogen-bond acceptors (Lipinski definition) is 11. The highest BCUT2D eigenvalue weighted by Gasteiger charge is 2.55. The molecule has 5 atom stereocenters. The summed E-state index contributed by atoms with van der Waals surface area (Å²) in [5.74, 6) is 2.99. The van der Waals surface area contributed by atoms with Gasteiger partial charge in [-0.1, -0.05) is 24.0 Å². The molecular weight excluding hydrogens is 876 g/mol. The van der Waals surface area contributed by atoms with E-state index in [0.717, 1.165) is 77.5 Å². The van der Waals surface area contributed by atoms with Gasteiger partial charge in [-0.15, -0.1) is 0 Å². The SMILES string of the molecule is COC(=O)N[C@H](C(=O)C[C@@H](Cc1ccc(C#Cc2ccc(N3CC4CCC(C3)N4C3COC3)nc2)cc1)[C@@H](O)CNCc1c(F)cc(C(N)=CC=NCC(F)F)cc1F)C(C)(C)C(F)(F)F. The Morgan fingerprint density at radius 1 is 1.02 bits per heavy atom. The number of aliphatic hydroxyl groups is 1. The second-order valence-corrected chi connectivity index (χ2v) is 17.3. The third-order valence-corrected chi connectivity index (χ3v) is 12.4. The number of nitrogens with two attached hydrogens (primary N) is 1. The minimum absolute atomic E-state index is 0.0286. The molecule has 0 aliphatic carbocycles. The number of ether oxygens (including phenoxy) is 2. The number of aliphatic imine (C=N–C) groups is 1. The van der Waals surface area contributed by atoms with Crippen LogP contribution in [0.25, 0.3) is 5.70 Å². The van der Waals surface area contributed by atoms with Crippen LogP contribution in [0, 0.1) is 34.8 Å². The summed E-state index contributed by atoms with van der Waals surface area (Å²) < 4.78 is 108. The number of aromatic nitrogens is 1. The second-order valence-electron chi connectivity index (χ2n) is 17.3. The van der Waals surface area contributed by atoms with Gasteiger partial charge in [-0.05, 0) is 87.1 Å². The van der Waals surface area contributed by atoms with E-state index >= 15 is 8.78 Å². The number of benzene rings is 2. The average Bonchev–Trinajstić information content (AvgIpc) is 3.48. The molecule has 19 heteroatoms. The number of alkyl carbamates (subject to hydrolysis) is 1. The summed E-state index contributed by atoms with van der Waals surface area (Å²) in [5, 5.41) is 16.2. The summed E-state index contributed by atoms with van der Waals surface area (Å²) in [6, 6.07) is 12.0. The predicted octanol–water partition coefficient (Wildman–Crippen LogP) is 6.03. The van der Waals surface area contributed by atoms with Crippen molar-refractivity contribution in [2.45, 2.75) is 88.9 Å². The number of alkyl halides is 5. The summed E-state index contributed by atoms with van der Waals surface area (Å²) in [4.78, 5) is 39.0. The van der Waals surface area contributed by atoms with E-state index in [1.54, 1.807) is 30.5 Å². The number of methoxy groups -OCH3 is 1. The molecule has 0 spiro atoms. The van der Waals surface area contributed by atoms with Crippen molar-refractivity contribution in [1.82, 2.24) is 20.5 Å². The Hall–Kier alpha value is -5.55. The predicted molar refractivity (Wildman–Crippen MR) is 234 cm³/mol. The average molecular weight is 930 g/mol. The number of anilines is 1. The van der Waals surface area contributed by atoms with Crippen LogP contribution in [0.5, 0.6) is 0 Å². The third kappa shape index (κ3) is 12.5. The quantitative estimate of drug-likeness (QED) is 0.0676. The number of nitrogens with zero attached hydrogens (tertiary/aromatic N) is 4. The Balaban J connectivity index is 1.13. The van der Waals surface area contributed by atoms with Gasteiger partial charge in [0.15, 0.2) is 5.78 Å². The van der Waals surface area contributed by atoms with E-state index in [1.807, 2.05) is 17.4 Å². The van der Waals surface area contributed by atoms with Gasteiger partial charge in [0.1, 0.15) is 23.5 Å². The molecule has 12 nitrogen and oxygen atoms in total. The highest BCUT2D eigenvalue weighted by molar-refractivity contribution is 5.88. The van der Waals surface area contributed by atoms with Crippen LogP contribution in [0.2, 0.25) is 0 Å². The highest BCUT2D eigenvalue weighted by atomic mass is 19.4. The van der Waals surface area contributed by atoms with E-state index in [0.29, 0.717) is 34.8 Å². The highest BCUT2D eigenvalue weighted by Crippen LogP contribution is 2.42. The van der Waals surface area contributed by atoms with Crippen LogP contribution < -0.4 is 21.3 Å². The molecule has 3 aliphatic rings. The van der Waals surface area contributed by atoms with Crippen LogP contribution in [-0.4, -0.2) is 122 Å². The number of rotatable bonds is 18. The molecule has 2 aromatic carbocycles. The molecule has 2 bridgehead atoms. The minimum Gasteiger partial charge on any atom is -0.453 e. The Bertz CT molecular complexity index is 2240. The van der Waals surface area contributed by atoms with Crippen molar-refractivity contribution >= 4 is 29.6 Å². The smallest absolute Gasteiger partial charge is 0.407 e. The summed E-state index contributed by atoms with van der Waals surface area (Å²) in [6.45, 7) is 3.36. The van der Waals surface area contributed by atoms with Crippen LogP contribution in [0.3, 0.4) is 0 Å². The fourth-order valence-electron chi connectivity index (χ4n) is 8.48. The zero-order valence-corrected chi connectivity index (χ0v) is 36.8. The molecular formula is C47H54F7N7O5. The first-order valence-electron chi connectivity index (χ1n) is 21.6. The lowest BCUT2D eigenvalue weighted by Gasteiger charge is -2.47. The number of amides is 1. The van der Waals surface area contributed by atoms with Crippen molar-refractivity contribution in [2.24, 2.45) is 22.1 Å². The van der Waals surface area contributed by atoms with Crippen molar-refractivity contribution in [3.8, 4) is 11.8 Å². The van der Waals surface area contributed by atoms with Gasteiger partial charge in [0.25, 0.3) is 6.43 Å². The minimum atomic E-state index is -4.94. The number of carbonyl (C=O) groups is 2. The molecule has 5 N–H and O–H groups in total. The fraction of sp³-hybridized carbons (Fsp3) is 0.489. The van der Waals surface area contributed by atoms with Crippen molar-refractivity contribution < 1.29 is 54.9 Å². The van der Waals surface area contributed by atoms with E-state index in [2.05, 4.69) is 36.7 Å². The maximum atomic E-state index is 15.1. The first-order chi connectivity index (χ1) is 31.3. The van der Waals surface area contributed by atoms with Gasteiger partial charge in [-0.2, -0.15) is 13.2 Å². The van der Waals surface area contributed by atoms with Gasteiger partial charge in [-0.3, -0.25) is 14.7 Å². The Morgan fingerprint density at radius 2 is 1.65 bits per heavy atom. The number of ketones is 1. The van der Waals surface area contributed by atoms with Crippen molar-refractivity contribution in [3.05, 3.63) is 100 Å². The lowest BCUT2D eigenvalue weighted by atomic mass is 9.77. The molecule has 3 fully saturated rings. The van der Waals surface area contributed by atoms with Gasteiger partial charge in [0.2, 0.25) is 0 Å². The first-order valence-corrected chi connectivity index (χ1v) is 21.6. The van der Waals surface area contributed by atoms with Crippen LogP contribution in [-0.2, 0) is 27.2 Å². The number of aliphatic hydroxyl groups excluding tert-OH is 1. The van der Waals surface area contributed by atoms with Gasteiger partial charge >= 0.3 is 12.3 Å². The molecule has 0 radical (unpaired) electrons. The number of piperazine rings is 1. The number of hydrogen-bond donors (Lipinski definition) is 4. The van der Waals surface area contributed by atoms with Crippen molar-refractivity contribution in [1.29, 1.82) is 0 Å². The Morgan fingerprint density at radius 3 is 2.21 bits per heavy atom. The molecule has 1 aromatic heterocycles. The number of nitrogens with one attached hydrogen (secondary N) is 2. The molecule has 2 unspecified atom stereocenters. The number of halogens is 7. The van der Waals surface area contributed by atoms with Gasteiger partial charge in [-0.25, -0.2) is 27.3 Å². The molecule has 66 heavy (non-hydrogen) atoms. The lowest BCUT2D eigenvalue weighted by Crippen LogP contribution is -2.62. The monoisotopic (exact) mass is 929 g/mol. The lowest BCUT2D eigenvalue weighted by molar-refractivity contribution is -0.220. The summed E-state index contributed by atoms with van der Waals surface area (Å²) >= 11 is 0. The number of allylic oxidation sites excluding steroid dienone is 1. The molecule has 3 saturated heterocycles. The summed E-state index contributed by atoms with van der Waals surface area (Å²) in [6.07, 6.45) is -4.84. The standard InChI is InChI=1S/C47H54F7N7O5/c1-46(2,47(52,53)54)44(59-45(64)65-3)40(62)19-32(41(63)22-57-21-36-37(48)17-31(18-38(36)49)39(55)14-15-56-23-42(50)51)16-29-7-4-28(5-8-29)6-9-30-10-13-43(58-20-30)60-24-33-11-12-34(25-60)61(33)35-26-66-27-35/h4-5,7-8,10,13-15,17-18,20,32-35,41-42,44,57,63H,11-12,16,19,21-27,55H2,1-3H3,(H,59,64)/t32-,33?,34?,41+,44-/m1/s1. The van der Waals surface area contributed by atoms with E-state index in [4.69, 9.17) is 15.5 Å². The summed E-state index contributed by atoms with van der Waals surface area (Å²) in [5.41, 5.74) is 4.36. The molecule has 6 rings (SSSR count). The van der Waals surface area contributed by atoms with Crippen LogP contribution in [0.4, 0.5) is 41.3 Å². The molecule has 0 saturated carbocycles. The maximum Gasteiger partial charge on any atom is 0.407 e. The van der Waals surface area contributed by atoms with Crippen molar-refractivity contribution in [3.63, 3.8) is 0 Å². The molecule has 3 aromatic rings. The van der Waals surface area contributed by atoms with E-state index in [-0.39, 0.29) is 24.2 Å². The largest absolute Gasteiger partial charge is 0.453 e. The zero-order chi connectivity index (χ0) is 47.8. The van der Waals surface area contributed by atoms with E-state index in [9.17, 15) is 36.6 Å². The molecule has 356 valence electrons. The molecule has 4 heterocycles. The third-order valence-electron chi connectivity index (χ3n) is 12.4. The van der Waals surface area contributed by atoms with Gasteiger partial charge in [0.05, 0.1) is 44.4 Å². The zero-order valence-electron chi connectivity index (χ0n) is 36.8. The molecule has 1 amide bonds.